The first-order valence-corrected chi connectivity index (χ1v) is 9.54. The number of aromatic nitrogens is 2. The number of hydrogen-bond acceptors (Lipinski definition) is 4. The Morgan fingerprint density at radius 3 is 2.32 bits per heavy atom. The highest BCUT2D eigenvalue weighted by atomic mass is 16.1. The van der Waals surface area contributed by atoms with Crippen molar-refractivity contribution in [3.8, 4) is 0 Å². The van der Waals surface area contributed by atoms with Gasteiger partial charge < -0.3 is 10.6 Å². The van der Waals surface area contributed by atoms with Gasteiger partial charge in [0.2, 0.25) is 5.95 Å². The highest BCUT2D eigenvalue weighted by molar-refractivity contribution is 6.00. The van der Waals surface area contributed by atoms with Gasteiger partial charge in [-0.05, 0) is 57.4 Å². The average molecular weight is 374 g/mol. The van der Waals surface area contributed by atoms with Gasteiger partial charge in [-0.2, -0.15) is 0 Å². The Hall–Kier alpha value is -3.21. The summed E-state index contributed by atoms with van der Waals surface area (Å²) in [5.41, 5.74) is 4.31. The summed E-state index contributed by atoms with van der Waals surface area (Å²) in [5, 5.41) is 6.28. The van der Waals surface area contributed by atoms with Crippen molar-refractivity contribution in [3.05, 3.63) is 83.2 Å². The van der Waals surface area contributed by atoms with E-state index < -0.39 is 0 Å². The maximum Gasteiger partial charge on any atom is 0.253 e. The normalized spacial score (nSPS) is 11.7. The third-order valence-electron chi connectivity index (χ3n) is 4.49. The van der Waals surface area contributed by atoms with Crippen LogP contribution in [0.2, 0.25) is 0 Å². The van der Waals surface area contributed by atoms with Crippen molar-refractivity contribution in [3.63, 3.8) is 0 Å². The molecule has 2 N–H and O–H groups in total. The minimum Gasteiger partial charge on any atom is -0.350 e. The molecule has 0 radical (unpaired) electrons. The largest absolute Gasteiger partial charge is 0.350 e. The summed E-state index contributed by atoms with van der Waals surface area (Å²) in [6.07, 6.45) is 1.81. The highest BCUT2D eigenvalue weighted by Gasteiger charge is 2.14. The second kappa shape index (κ2) is 9.13. The lowest BCUT2D eigenvalue weighted by Gasteiger charge is -2.16. The van der Waals surface area contributed by atoms with Crippen molar-refractivity contribution >= 4 is 17.5 Å². The van der Waals surface area contributed by atoms with Crippen LogP contribution < -0.4 is 10.6 Å². The molecule has 1 aromatic heterocycles. The molecular weight excluding hydrogens is 348 g/mol. The van der Waals surface area contributed by atoms with Crippen molar-refractivity contribution in [2.45, 2.75) is 39.7 Å². The minimum atomic E-state index is -0.104. The van der Waals surface area contributed by atoms with Crippen molar-refractivity contribution in [1.82, 2.24) is 15.3 Å². The van der Waals surface area contributed by atoms with Crippen molar-refractivity contribution in [2.75, 3.05) is 5.32 Å². The molecule has 1 atom stereocenters. The number of para-hydroxylation sites is 1. The number of hydrogen-bond donors (Lipinski definition) is 2. The molecule has 0 saturated carbocycles. The van der Waals surface area contributed by atoms with Gasteiger partial charge in [0.25, 0.3) is 5.91 Å². The Balaban J connectivity index is 1.66. The summed E-state index contributed by atoms with van der Waals surface area (Å²) >= 11 is 0. The van der Waals surface area contributed by atoms with Crippen molar-refractivity contribution < 1.29 is 4.79 Å². The van der Waals surface area contributed by atoms with Crippen molar-refractivity contribution in [2.24, 2.45) is 0 Å². The SMILES string of the molecule is Cc1cc(C)nc(Nc2ccccc2C(=O)N[C@H](C)CCc2ccccc2)n1. The zero-order chi connectivity index (χ0) is 19.9. The van der Waals surface area contributed by atoms with E-state index >= 15 is 0 Å². The lowest BCUT2D eigenvalue weighted by Crippen LogP contribution is -2.33. The van der Waals surface area contributed by atoms with E-state index in [1.807, 2.05) is 69.3 Å². The fourth-order valence-corrected chi connectivity index (χ4v) is 3.09. The van der Waals surface area contributed by atoms with Gasteiger partial charge in [-0.3, -0.25) is 4.79 Å². The summed E-state index contributed by atoms with van der Waals surface area (Å²) in [4.78, 5) is 21.6. The molecular formula is C23H26N4O. The predicted molar refractivity (Wildman–Crippen MR) is 113 cm³/mol. The van der Waals surface area contributed by atoms with Crippen LogP contribution in [0.15, 0.2) is 60.7 Å². The zero-order valence-electron chi connectivity index (χ0n) is 16.6. The molecule has 0 saturated heterocycles. The molecule has 0 aliphatic heterocycles. The van der Waals surface area contributed by atoms with E-state index in [2.05, 4.69) is 32.7 Å². The summed E-state index contributed by atoms with van der Waals surface area (Å²) in [7, 11) is 0. The second-order valence-electron chi connectivity index (χ2n) is 7.04. The number of nitrogens with one attached hydrogen (secondary N) is 2. The molecule has 0 fully saturated rings. The van der Waals surface area contributed by atoms with Crippen molar-refractivity contribution in [1.29, 1.82) is 0 Å². The Morgan fingerprint density at radius 1 is 0.964 bits per heavy atom. The molecule has 2 aromatic carbocycles. The molecule has 3 aromatic rings. The van der Waals surface area contributed by atoms with Gasteiger partial charge in [-0.1, -0.05) is 42.5 Å². The molecule has 0 aliphatic rings. The monoisotopic (exact) mass is 374 g/mol. The van der Waals surface area contributed by atoms with E-state index in [9.17, 15) is 4.79 Å². The van der Waals surface area contributed by atoms with Gasteiger partial charge in [-0.25, -0.2) is 9.97 Å². The fourth-order valence-electron chi connectivity index (χ4n) is 3.09. The number of anilines is 2. The molecule has 1 heterocycles. The first-order valence-electron chi connectivity index (χ1n) is 9.54. The number of carbonyl (C=O) groups is 1. The van der Waals surface area contributed by atoms with Crippen LogP contribution >= 0.6 is 0 Å². The molecule has 5 heteroatoms. The second-order valence-corrected chi connectivity index (χ2v) is 7.04. The summed E-state index contributed by atoms with van der Waals surface area (Å²) in [6.45, 7) is 5.88. The molecule has 5 nitrogen and oxygen atoms in total. The van der Waals surface area contributed by atoms with Gasteiger partial charge in [-0.15, -0.1) is 0 Å². The number of carbonyl (C=O) groups excluding carboxylic acids is 1. The molecule has 3 rings (SSSR count). The Labute approximate surface area is 166 Å². The van der Waals surface area contributed by atoms with Gasteiger partial charge in [0.1, 0.15) is 0 Å². The fraction of sp³-hybridized carbons (Fsp3) is 0.261. The lowest BCUT2D eigenvalue weighted by molar-refractivity contribution is 0.0939. The number of rotatable bonds is 7. The van der Waals surface area contributed by atoms with Crippen LogP contribution in [0, 0.1) is 13.8 Å². The van der Waals surface area contributed by atoms with Crippen LogP contribution in [0.3, 0.4) is 0 Å². The molecule has 0 unspecified atom stereocenters. The quantitative estimate of drug-likeness (QED) is 0.635. The van der Waals surface area contributed by atoms with E-state index in [4.69, 9.17) is 0 Å². The Bertz CT molecular complexity index is 920. The Morgan fingerprint density at radius 2 is 1.61 bits per heavy atom. The first-order chi connectivity index (χ1) is 13.5. The third kappa shape index (κ3) is 5.39. The maximum absolute atomic E-state index is 12.8. The van der Waals surface area contributed by atoms with E-state index in [-0.39, 0.29) is 11.9 Å². The maximum atomic E-state index is 12.8. The van der Waals surface area contributed by atoms with Gasteiger partial charge >= 0.3 is 0 Å². The summed E-state index contributed by atoms with van der Waals surface area (Å²) in [5.74, 6) is 0.392. The van der Waals surface area contributed by atoms with Crippen LogP contribution in [0.5, 0.6) is 0 Å². The van der Waals surface area contributed by atoms with Crippen LogP contribution in [0.4, 0.5) is 11.6 Å². The molecule has 0 aliphatic carbocycles. The summed E-state index contributed by atoms with van der Waals surface area (Å²) < 4.78 is 0. The average Bonchev–Trinajstić information content (AvgIpc) is 2.67. The molecule has 144 valence electrons. The van der Waals surface area contributed by atoms with E-state index in [0.29, 0.717) is 17.2 Å². The topological polar surface area (TPSA) is 66.9 Å². The molecule has 28 heavy (non-hydrogen) atoms. The standard InChI is InChI=1S/C23H26N4O/c1-16(13-14-19-9-5-4-6-10-19)24-22(28)20-11-7-8-12-21(20)27-23-25-17(2)15-18(3)26-23/h4-12,15-16H,13-14H2,1-3H3,(H,24,28)(H,25,26,27)/t16-/m1/s1. The zero-order valence-corrected chi connectivity index (χ0v) is 16.6. The molecule has 0 spiro atoms. The summed E-state index contributed by atoms with van der Waals surface area (Å²) in [6, 6.07) is 19.7. The van der Waals surface area contributed by atoms with Crippen LogP contribution in [-0.2, 0) is 6.42 Å². The van der Waals surface area contributed by atoms with E-state index in [0.717, 1.165) is 24.2 Å². The molecule has 0 bridgehead atoms. The van der Waals surface area contributed by atoms with E-state index in [1.54, 1.807) is 0 Å². The van der Waals surface area contributed by atoms with Gasteiger partial charge in [0, 0.05) is 17.4 Å². The van der Waals surface area contributed by atoms with Gasteiger partial charge in [0.15, 0.2) is 0 Å². The lowest BCUT2D eigenvalue weighted by atomic mass is 10.1. The minimum absolute atomic E-state index is 0.0678. The first kappa shape index (κ1) is 19.5. The van der Waals surface area contributed by atoms with Crippen LogP contribution in [-0.4, -0.2) is 21.9 Å². The molecule has 1 amide bonds. The van der Waals surface area contributed by atoms with Gasteiger partial charge in [0.05, 0.1) is 11.3 Å². The number of benzene rings is 2. The third-order valence-corrected chi connectivity index (χ3v) is 4.49. The van der Waals surface area contributed by atoms with E-state index in [1.165, 1.54) is 5.56 Å². The predicted octanol–water partition coefficient (Wildman–Crippen LogP) is 4.59. The number of amides is 1. The Kier molecular flexibility index (Phi) is 6.37. The number of aryl methyl sites for hydroxylation is 3. The smallest absolute Gasteiger partial charge is 0.253 e. The van der Waals surface area contributed by atoms with Crippen LogP contribution in [0.1, 0.15) is 40.7 Å². The number of nitrogens with zero attached hydrogens (tertiary/aromatic N) is 2. The van der Waals surface area contributed by atoms with Crippen LogP contribution in [0.25, 0.3) is 0 Å². The highest BCUT2D eigenvalue weighted by Crippen LogP contribution is 2.19.